The molecule has 0 spiro atoms. The number of carbonyl (C=O) groups excluding carboxylic acids is 1. The SMILES string of the molecule is CCOc1ccc(NC(=O)CCc2nnc(-c3cc(C)nn3C)o2)cc1. The standard InChI is InChI=1S/C18H21N5O3/c1-4-25-14-7-5-13(6-8-14)19-16(24)9-10-17-20-21-18(26-17)15-11-12(2)22-23(15)3/h5-8,11H,4,9-10H2,1-3H3,(H,19,24). The van der Waals surface area contributed by atoms with E-state index in [1.165, 1.54) is 0 Å². The Hall–Kier alpha value is -3.16. The normalized spacial score (nSPS) is 10.7. The van der Waals surface area contributed by atoms with E-state index in [4.69, 9.17) is 9.15 Å². The molecule has 3 rings (SSSR count). The molecule has 0 unspecified atom stereocenters. The molecule has 0 radical (unpaired) electrons. The third-order valence-electron chi connectivity index (χ3n) is 3.70. The van der Waals surface area contributed by atoms with Gasteiger partial charge in [0.1, 0.15) is 11.4 Å². The first-order valence-corrected chi connectivity index (χ1v) is 8.41. The average molecular weight is 355 g/mol. The zero-order valence-corrected chi connectivity index (χ0v) is 15.0. The number of benzene rings is 1. The maximum Gasteiger partial charge on any atom is 0.265 e. The molecule has 0 fully saturated rings. The van der Waals surface area contributed by atoms with Crippen molar-refractivity contribution in [2.75, 3.05) is 11.9 Å². The lowest BCUT2D eigenvalue weighted by Crippen LogP contribution is -2.12. The van der Waals surface area contributed by atoms with Gasteiger partial charge in [-0.3, -0.25) is 9.48 Å². The molecule has 1 amide bonds. The molecule has 0 aliphatic heterocycles. The minimum Gasteiger partial charge on any atom is -0.494 e. The van der Waals surface area contributed by atoms with Gasteiger partial charge in [0, 0.05) is 25.6 Å². The van der Waals surface area contributed by atoms with Crippen molar-refractivity contribution in [2.45, 2.75) is 26.7 Å². The van der Waals surface area contributed by atoms with Gasteiger partial charge in [0.2, 0.25) is 11.8 Å². The van der Waals surface area contributed by atoms with Gasteiger partial charge in [0.25, 0.3) is 5.89 Å². The lowest BCUT2D eigenvalue weighted by Gasteiger charge is -2.06. The van der Waals surface area contributed by atoms with E-state index in [1.54, 1.807) is 16.8 Å². The predicted octanol–water partition coefficient (Wildman–Crippen LogP) is 2.75. The summed E-state index contributed by atoms with van der Waals surface area (Å²) in [7, 11) is 1.82. The summed E-state index contributed by atoms with van der Waals surface area (Å²) in [5, 5.41) is 15.1. The van der Waals surface area contributed by atoms with Crippen molar-refractivity contribution in [3.63, 3.8) is 0 Å². The molecule has 2 heterocycles. The van der Waals surface area contributed by atoms with Crippen LogP contribution in [0.2, 0.25) is 0 Å². The summed E-state index contributed by atoms with van der Waals surface area (Å²) in [6.45, 7) is 4.43. The second-order valence-electron chi connectivity index (χ2n) is 5.80. The van der Waals surface area contributed by atoms with Crippen LogP contribution in [-0.2, 0) is 18.3 Å². The van der Waals surface area contributed by atoms with Gasteiger partial charge in [-0.15, -0.1) is 10.2 Å². The van der Waals surface area contributed by atoms with Crippen LogP contribution in [0, 0.1) is 6.92 Å². The predicted molar refractivity (Wildman–Crippen MR) is 95.8 cm³/mol. The van der Waals surface area contributed by atoms with Gasteiger partial charge in [-0.1, -0.05) is 0 Å². The fourth-order valence-corrected chi connectivity index (χ4v) is 2.51. The first-order valence-electron chi connectivity index (χ1n) is 8.41. The molecule has 1 aromatic carbocycles. The van der Waals surface area contributed by atoms with Crippen LogP contribution >= 0.6 is 0 Å². The maximum absolute atomic E-state index is 12.1. The number of rotatable bonds is 7. The molecule has 26 heavy (non-hydrogen) atoms. The number of hydrogen-bond acceptors (Lipinski definition) is 6. The number of nitrogens with one attached hydrogen (secondary N) is 1. The third-order valence-corrected chi connectivity index (χ3v) is 3.70. The van der Waals surface area contributed by atoms with E-state index in [2.05, 4.69) is 20.6 Å². The number of aromatic nitrogens is 4. The molecule has 0 aliphatic rings. The van der Waals surface area contributed by atoms with Gasteiger partial charge in [-0.25, -0.2) is 0 Å². The van der Waals surface area contributed by atoms with Gasteiger partial charge in [-0.05, 0) is 44.2 Å². The van der Waals surface area contributed by atoms with Crippen LogP contribution in [0.4, 0.5) is 5.69 Å². The molecule has 2 aromatic heterocycles. The minimum atomic E-state index is -0.120. The number of hydrogen-bond donors (Lipinski definition) is 1. The van der Waals surface area contributed by atoms with Crippen LogP contribution in [-0.4, -0.2) is 32.5 Å². The number of anilines is 1. The van der Waals surface area contributed by atoms with E-state index in [0.29, 0.717) is 24.8 Å². The van der Waals surface area contributed by atoms with E-state index in [9.17, 15) is 4.79 Å². The van der Waals surface area contributed by atoms with Gasteiger partial charge in [-0.2, -0.15) is 5.10 Å². The molecule has 1 N–H and O–H groups in total. The fraction of sp³-hybridized carbons (Fsp3) is 0.333. The van der Waals surface area contributed by atoms with Gasteiger partial charge < -0.3 is 14.5 Å². The van der Waals surface area contributed by atoms with Crippen LogP contribution in [0.5, 0.6) is 5.75 Å². The molecule has 8 nitrogen and oxygen atoms in total. The molecule has 0 aliphatic carbocycles. The van der Waals surface area contributed by atoms with Gasteiger partial charge >= 0.3 is 0 Å². The number of nitrogens with zero attached hydrogens (tertiary/aromatic N) is 4. The lowest BCUT2D eigenvalue weighted by molar-refractivity contribution is -0.116. The number of aryl methyl sites for hydroxylation is 3. The van der Waals surface area contributed by atoms with E-state index in [1.807, 2.05) is 39.1 Å². The monoisotopic (exact) mass is 355 g/mol. The summed E-state index contributed by atoms with van der Waals surface area (Å²) in [6.07, 6.45) is 0.617. The average Bonchev–Trinajstić information content (AvgIpc) is 3.21. The van der Waals surface area contributed by atoms with Gasteiger partial charge in [0.15, 0.2) is 0 Å². The van der Waals surface area contributed by atoms with Crippen molar-refractivity contribution in [3.05, 3.63) is 41.9 Å². The van der Waals surface area contributed by atoms with Crippen molar-refractivity contribution in [1.82, 2.24) is 20.0 Å². The molecule has 0 atom stereocenters. The Morgan fingerprint density at radius 3 is 2.69 bits per heavy atom. The molecule has 0 bridgehead atoms. The first-order chi connectivity index (χ1) is 12.5. The Bertz CT molecular complexity index is 883. The Morgan fingerprint density at radius 2 is 2.04 bits per heavy atom. The Morgan fingerprint density at radius 1 is 1.27 bits per heavy atom. The minimum absolute atomic E-state index is 0.120. The highest BCUT2D eigenvalue weighted by molar-refractivity contribution is 5.90. The zero-order valence-electron chi connectivity index (χ0n) is 15.0. The summed E-state index contributed by atoms with van der Waals surface area (Å²) in [6, 6.07) is 9.12. The molecular weight excluding hydrogens is 334 g/mol. The quantitative estimate of drug-likeness (QED) is 0.700. The summed E-state index contributed by atoms with van der Waals surface area (Å²) in [4.78, 5) is 12.1. The number of ether oxygens (including phenoxy) is 1. The second-order valence-corrected chi connectivity index (χ2v) is 5.80. The van der Waals surface area contributed by atoms with Crippen LogP contribution in [0.15, 0.2) is 34.7 Å². The van der Waals surface area contributed by atoms with E-state index < -0.39 is 0 Å². The molecule has 136 valence electrons. The van der Waals surface area contributed by atoms with Crippen LogP contribution in [0.3, 0.4) is 0 Å². The lowest BCUT2D eigenvalue weighted by atomic mass is 10.2. The second kappa shape index (κ2) is 7.81. The fourth-order valence-electron chi connectivity index (χ4n) is 2.51. The number of carbonyl (C=O) groups is 1. The van der Waals surface area contributed by atoms with Gasteiger partial charge in [0.05, 0.1) is 12.3 Å². The summed E-state index contributed by atoms with van der Waals surface area (Å²) < 4.78 is 12.7. The molecule has 8 heteroatoms. The Kier molecular flexibility index (Phi) is 5.31. The van der Waals surface area contributed by atoms with E-state index in [0.717, 1.165) is 22.8 Å². The van der Waals surface area contributed by atoms with Crippen molar-refractivity contribution in [3.8, 4) is 17.3 Å². The highest BCUT2D eigenvalue weighted by Gasteiger charge is 2.14. The van der Waals surface area contributed by atoms with Crippen molar-refractivity contribution in [1.29, 1.82) is 0 Å². The largest absolute Gasteiger partial charge is 0.494 e. The van der Waals surface area contributed by atoms with Crippen molar-refractivity contribution >= 4 is 11.6 Å². The highest BCUT2D eigenvalue weighted by Crippen LogP contribution is 2.19. The third kappa shape index (κ3) is 4.27. The van der Waals surface area contributed by atoms with Crippen molar-refractivity contribution in [2.24, 2.45) is 7.05 Å². The smallest absolute Gasteiger partial charge is 0.265 e. The summed E-state index contributed by atoms with van der Waals surface area (Å²) >= 11 is 0. The van der Waals surface area contributed by atoms with Crippen LogP contribution < -0.4 is 10.1 Å². The van der Waals surface area contributed by atoms with Crippen LogP contribution in [0.25, 0.3) is 11.6 Å². The van der Waals surface area contributed by atoms with E-state index >= 15 is 0 Å². The van der Waals surface area contributed by atoms with E-state index in [-0.39, 0.29) is 12.3 Å². The topological polar surface area (TPSA) is 95.1 Å². The Balaban J connectivity index is 1.54. The summed E-state index contributed by atoms with van der Waals surface area (Å²) in [5.74, 6) is 1.47. The zero-order chi connectivity index (χ0) is 18.5. The molecule has 0 saturated heterocycles. The summed E-state index contributed by atoms with van der Waals surface area (Å²) in [5.41, 5.74) is 2.34. The van der Waals surface area contributed by atoms with Crippen LogP contribution in [0.1, 0.15) is 24.9 Å². The number of amides is 1. The molecule has 0 saturated carbocycles. The van der Waals surface area contributed by atoms with Crippen molar-refractivity contribution < 1.29 is 13.9 Å². The molecule has 3 aromatic rings. The maximum atomic E-state index is 12.1. The first kappa shape index (κ1) is 17.7. The molecular formula is C18H21N5O3. The highest BCUT2D eigenvalue weighted by atomic mass is 16.5. The Labute approximate surface area is 151 Å².